The average molecular weight is 637 g/mol. The molecule has 0 unspecified atom stereocenters. The SMILES string of the molecule is Cn1nnc(CC(NC(=O)c2ccc(F)c(C(F)(F)F)c2)(c2cccc(OC(F)(F)F)c2)c2cccc(OC(F)(F)F)c2)n1. The molecule has 234 valence electrons. The van der Waals surface area contributed by atoms with E-state index in [0.717, 1.165) is 41.2 Å². The van der Waals surface area contributed by atoms with Crippen molar-refractivity contribution in [3.63, 3.8) is 0 Å². The summed E-state index contributed by atoms with van der Waals surface area (Å²) in [5.74, 6) is -4.86. The van der Waals surface area contributed by atoms with Crippen LogP contribution in [0.3, 0.4) is 0 Å². The number of amides is 1. The highest BCUT2D eigenvalue weighted by Gasteiger charge is 2.41. The second-order valence-corrected chi connectivity index (χ2v) is 9.07. The quantitative estimate of drug-likeness (QED) is 0.236. The van der Waals surface area contributed by atoms with Crippen LogP contribution in [0.4, 0.5) is 43.9 Å². The number of rotatable bonds is 8. The Morgan fingerprint density at radius 2 is 1.36 bits per heavy atom. The number of carbonyl (C=O) groups is 1. The molecule has 44 heavy (non-hydrogen) atoms. The highest BCUT2D eigenvalue weighted by Crippen LogP contribution is 2.39. The summed E-state index contributed by atoms with van der Waals surface area (Å²) in [5.41, 5.74) is -5.29. The van der Waals surface area contributed by atoms with Crippen molar-refractivity contribution in [2.24, 2.45) is 7.05 Å². The molecule has 0 aliphatic carbocycles. The highest BCUT2D eigenvalue weighted by molar-refractivity contribution is 5.95. The Hall–Kier alpha value is -4.90. The number of ether oxygens (including phenoxy) is 2. The molecule has 8 nitrogen and oxygen atoms in total. The summed E-state index contributed by atoms with van der Waals surface area (Å²) in [7, 11) is 1.34. The first-order valence-electron chi connectivity index (χ1n) is 12.0. The zero-order chi connectivity index (χ0) is 32.5. The van der Waals surface area contributed by atoms with Crippen molar-refractivity contribution in [1.82, 2.24) is 25.5 Å². The maximum absolute atomic E-state index is 14.0. The Bertz CT molecular complexity index is 1590. The minimum Gasteiger partial charge on any atom is -0.406 e. The molecule has 1 aromatic heterocycles. The molecule has 0 aliphatic rings. The molecule has 0 fully saturated rings. The van der Waals surface area contributed by atoms with Gasteiger partial charge in [-0.05, 0) is 58.8 Å². The monoisotopic (exact) mass is 637 g/mol. The molecule has 0 bridgehead atoms. The van der Waals surface area contributed by atoms with Crippen LogP contribution >= 0.6 is 0 Å². The molecule has 1 amide bonds. The molecule has 18 heteroatoms. The van der Waals surface area contributed by atoms with E-state index in [2.05, 4.69) is 30.2 Å². The van der Waals surface area contributed by atoms with Crippen molar-refractivity contribution in [3.8, 4) is 11.5 Å². The molecule has 1 heterocycles. The van der Waals surface area contributed by atoms with Crippen molar-refractivity contribution >= 4 is 5.91 Å². The highest BCUT2D eigenvalue weighted by atomic mass is 19.4. The number of nitrogens with zero attached hydrogens (tertiary/aromatic N) is 4. The molecule has 0 saturated heterocycles. The minimum atomic E-state index is -5.21. The molecule has 4 rings (SSSR count). The molecular weight excluding hydrogens is 620 g/mol. The van der Waals surface area contributed by atoms with Gasteiger partial charge in [0.1, 0.15) is 17.3 Å². The largest absolute Gasteiger partial charge is 0.573 e. The Balaban J connectivity index is 1.96. The van der Waals surface area contributed by atoms with E-state index in [0.29, 0.717) is 12.1 Å². The van der Waals surface area contributed by atoms with Crippen LogP contribution in [0.1, 0.15) is 32.9 Å². The van der Waals surface area contributed by atoms with E-state index in [9.17, 15) is 48.7 Å². The normalized spacial score (nSPS) is 12.6. The molecule has 0 aliphatic heterocycles. The number of halogens is 10. The van der Waals surface area contributed by atoms with Gasteiger partial charge in [0.25, 0.3) is 5.91 Å². The van der Waals surface area contributed by atoms with Crippen molar-refractivity contribution in [3.05, 3.63) is 101 Å². The third-order valence-electron chi connectivity index (χ3n) is 5.95. The number of benzene rings is 3. The third-order valence-corrected chi connectivity index (χ3v) is 5.95. The summed E-state index contributed by atoms with van der Waals surface area (Å²) in [4.78, 5) is 14.5. The smallest absolute Gasteiger partial charge is 0.406 e. The molecular formula is C26H17F10N5O3. The van der Waals surface area contributed by atoms with Crippen molar-refractivity contribution in [2.75, 3.05) is 0 Å². The van der Waals surface area contributed by atoms with E-state index in [1.54, 1.807) is 0 Å². The first-order valence-corrected chi connectivity index (χ1v) is 12.0. The van der Waals surface area contributed by atoms with Crippen LogP contribution in [0.5, 0.6) is 11.5 Å². The summed E-state index contributed by atoms with van der Waals surface area (Å²) in [6, 6.07) is 9.13. The fourth-order valence-corrected chi connectivity index (χ4v) is 4.26. The Labute approximate surface area is 240 Å². The van der Waals surface area contributed by atoms with Crippen LogP contribution in [0.15, 0.2) is 66.7 Å². The van der Waals surface area contributed by atoms with E-state index in [1.807, 2.05) is 0 Å². The molecule has 0 saturated carbocycles. The Kier molecular flexibility index (Phi) is 8.48. The van der Waals surface area contributed by atoms with Gasteiger partial charge in [0.05, 0.1) is 18.2 Å². The Morgan fingerprint density at radius 1 is 0.818 bits per heavy atom. The number of aromatic nitrogens is 4. The van der Waals surface area contributed by atoms with Gasteiger partial charge in [-0.3, -0.25) is 4.79 Å². The number of aryl methyl sites for hydroxylation is 1. The van der Waals surface area contributed by atoms with Crippen LogP contribution in [0.25, 0.3) is 0 Å². The number of hydrogen-bond acceptors (Lipinski definition) is 6. The molecule has 0 radical (unpaired) electrons. The van der Waals surface area contributed by atoms with Crippen LogP contribution in [-0.4, -0.2) is 38.8 Å². The molecule has 1 N–H and O–H groups in total. The minimum absolute atomic E-state index is 0.197. The lowest BCUT2D eigenvalue weighted by Gasteiger charge is -2.36. The maximum atomic E-state index is 14.0. The van der Waals surface area contributed by atoms with Crippen molar-refractivity contribution in [1.29, 1.82) is 0 Å². The standard InChI is InChI=1S/C26H17F10N5O3/c1-41-39-21(38-40-41)13-23(15-4-2-6-17(11-15)43-25(31,32)33,16-5-3-7-18(12-16)44-26(34,35)36)37-22(42)14-8-9-20(27)19(10-14)24(28,29)30/h2-12H,13H2,1H3,(H,37,42). The zero-order valence-corrected chi connectivity index (χ0v) is 21.9. The summed E-state index contributed by atoms with van der Waals surface area (Å²) < 4.78 is 141. The van der Waals surface area contributed by atoms with E-state index in [-0.39, 0.29) is 23.0 Å². The number of hydrogen-bond donors (Lipinski definition) is 1. The van der Waals surface area contributed by atoms with Crippen LogP contribution in [0, 0.1) is 5.82 Å². The number of carbonyl (C=O) groups excluding carboxylic acids is 1. The van der Waals surface area contributed by atoms with E-state index >= 15 is 0 Å². The van der Waals surface area contributed by atoms with Crippen molar-refractivity contribution < 1.29 is 58.2 Å². The van der Waals surface area contributed by atoms with Gasteiger partial charge in [0, 0.05) is 12.0 Å². The number of tetrazole rings is 1. The number of alkyl halides is 9. The molecule has 3 aromatic carbocycles. The van der Waals surface area contributed by atoms with Gasteiger partial charge in [0.2, 0.25) is 0 Å². The van der Waals surface area contributed by atoms with Gasteiger partial charge in [-0.1, -0.05) is 24.3 Å². The predicted octanol–water partition coefficient (Wildman–Crippen LogP) is 6.08. The maximum Gasteiger partial charge on any atom is 0.573 e. The van der Waals surface area contributed by atoms with Gasteiger partial charge in [-0.15, -0.1) is 36.5 Å². The lowest BCUT2D eigenvalue weighted by Crippen LogP contribution is -2.49. The first-order chi connectivity index (χ1) is 20.3. The van der Waals surface area contributed by atoms with E-state index in [4.69, 9.17) is 0 Å². The van der Waals surface area contributed by atoms with Crippen LogP contribution in [-0.2, 0) is 25.2 Å². The molecule has 4 aromatic rings. The van der Waals surface area contributed by atoms with Gasteiger partial charge < -0.3 is 14.8 Å². The van der Waals surface area contributed by atoms with Crippen LogP contribution in [0.2, 0.25) is 0 Å². The van der Waals surface area contributed by atoms with Crippen molar-refractivity contribution in [2.45, 2.75) is 30.9 Å². The summed E-state index contributed by atoms with van der Waals surface area (Å²) >= 11 is 0. The topological polar surface area (TPSA) is 91.2 Å². The predicted molar refractivity (Wildman–Crippen MR) is 128 cm³/mol. The van der Waals surface area contributed by atoms with E-state index in [1.165, 1.54) is 19.2 Å². The number of nitrogens with one attached hydrogen (secondary N) is 1. The first kappa shape index (κ1) is 32.0. The lowest BCUT2D eigenvalue weighted by molar-refractivity contribution is -0.275. The van der Waals surface area contributed by atoms with Gasteiger partial charge in [-0.25, -0.2) is 4.39 Å². The summed E-state index contributed by atoms with van der Waals surface area (Å²) in [6.07, 6.45) is -16.2. The summed E-state index contributed by atoms with van der Waals surface area (Å²) in [6.45, 7) is 0. The molecule has 0 atom stereocenters. The second-order valence-electron chi connectivity index (χ2n) is 9.07. The fourth-order valence-electron chi connectivity index (χ4n) is 4.26. The van der Waals surface area contributed by atoms with Gasteiger partial charge in [0.15, 0.2) is 5.82 Å². The van der Waals surface area contributed by atoms with Crippen LogP contribution < -0.4 is 14.8 Å². The van der Waals surface area contributed by atoms with Gasteiger partial charge >= 0.3 is 18.9 Å². The van der Waals surface area contributed by atoms with Gasteiger partial charge in [-0.2, -0.15) is 18.0 Å². The Morgan fingerprint density at radius 3 is 1.82 bits per heavy atom. The lowest BCUT2D eigenvalue weighted by atomic mass is 9.79. The molecule has 0 spiro atoms. The second kappa shape index (κ2) is 11.6. The van der Waals surface area contributed by atoms with E-state index < -0.39 is 65.2 Å². The third kappa shape index (κ3) is 7.73. The summed E-state index contributed by atoms with van der Waals surface area (Å²) in [5, 5.41) is 13.8. The fraction of sp³-hybridized carbons (Fsp3) is 0.231. The zero-order valence-electron chi connectivity index (χ0n) is 21.9. The average Bonchev–Trinajstić information content (AvgIpc) is 3.30.